The van der Waals surface area contributed by atoms with Gasteiger partial charge in [-0.2, -0.15) is 0 Å². The zero-order valence-electron chi connectivity index (χ0n) is 19.8. The Morgan fingerprint density at radius 3 is 2.25 bits per heavy atom. The summed E-state index contributed by atoms with van der Waals surface area (Å²) in [4.78, 5) is 53.4. The molecule has 0 bridgehead atoms. The van der Waals surface area contributed by atoms with Crippen molar-refractivity contribution in [3.63, 3.8) is 0 Å². The number of benzene rings is 3. The third kappa shape index (κ3) is 4.45. The summed E-state index contributed by atoms with van der Waals surface area (Å²) in [7, 11) is 0. The number of anilines is 2. The predicted octanol–water partition coefficient (Wildman–Crippen LogP) is 3.67. The molecule has 1 atom stereocenters. The average molecular weight is 484 g/mol. The molecule has 182 valence electrons. The smallest absolute Gasteiger partial charge is 0.267 e. The molecule has 4 amide bonds. The highest BCUT2D eigenvalue weighted by Gasteiger charge is 2.36. The van der Waals surface area contributed by atoms with E-state index in [1.807, 2.05) is 18.2 Å². The molecular weight excluding hydrogens is 458 g/mol. The van der Waals surface area contributed by atoms with Crippen LogP contribution in [0.5, 0.6) is 5.75 Å². The van der Waals surface area contributed by atoms with Gasteiger partial charge in [-0.05, 0) is 55.7 Å². The van der Waals surface area contributed by atoms with Gasteiger partial charge in [-0.3, -0.25) is 24.1 Å². The molecule has 0 radical (unpaired) electrons. The van der Waals surface area contributed by atoms with Gasteiger partial charge >= 0.3 is 0 Å². The normalized spacial score (nSPS) is 16.5. The number of amides is 4. The third-order valence-electron chi connectivity index (χ3n) is 6.32. The molecule has 2 aliphatic rings. The molecule has 0 aliphatic carbocycles. The fourth-order valence-corrected chi connectivity index (χ4v) is 4.53. The van der Waals surface area contributed by atoms with Crippen molar-refractivity contribution in [1.82, 2.24) is 4.90 Å². The van der Waals surface area contributed by atoms with Crippen LogP contribution in [0.15, 0.2) is 72.8 Å². The van der Waals surface area contributed by atoms with Gasteiger partial charge in [0.15, 0.2) is 6.10 Å². The van der Waals surface area contributed by atoms with Crippen molar-refractivity contribution < 1.29 is 23.9 Å². The van der Waals surface area contributed by atoms with E-state index in [9.17, 15) is 19.2 Å². The summed E-state index contributed by atoms with van der Waals surface area (Å²) in [6, 6.07) is 21.6. The summed E-state index contributed by atoms with van der Waals surface area (Å²) in [5, 5.41) is 2.74. The highest BCUT2D eigenvalue weighted by Crippen LogP contribution is 2.36. The van der Waals surface area contributed by atoms with E-state index in [4.69, 9.17) is 4.74 Å². The molecule has 0 aromatic heterocycles. The monoisotopic (exact) mass is 483 g/mol. The standard InChI is InChI=1S/C28H25N3O5/c1-18-26(33)30(15-7-10-19-8-3-2-4-9-19)23-16-20(13-14-24(23)36-18)29-25(32)17-31-27(34)21-11-5-6-12-22(21)28(31)35/h2-6,8-9,11-14,16,18H,7,10,15,17H2,1H3,(H,29,32). The first-order chi connectivity index (χ1) is 17.4. The first-order valence-electron chi connectivity index (χ1n) is 11.8. The lowest BCUT2D eigenvalue weighted by Crippen LogP contribution is -2.45. The number of aryl methyl sites for hydroxylation is 1. The van der Waals surface area contributed by atoms with Crippen LogP contribution in [-0.4, -0.2) is 47.7 Å². The van der Waals surface area contributed by atoms with E-state index >= 15 is 0 Å². The number of carbonyl (C=O) groups is 4. The van der Waals surface area contributed by atoms with Crippen LogP contribution in [0, 0.1) is 0 Å². The SMILES string of the molecule is CC1Oc2ccc(NC(=O)CN3C(=O)c4ccccc4C3=O)cc2N(CCCc2ccccc2)C1=O. The van der Waals surface area contributed by atoms with Gasteiger partial charge in [0.2, 0.25) is 5.91 Å². The molecule has 3 aromatic rings. The van der Waals surface area contributed by atoms with Gasteiger partial charge < -0.3 is 15.0 Å². The lowest BCUT2D eigenvalue weighted by atomic mass is 10.1. The lowest BCUT2D eigenvalue weighted by molar-refractivity contribution is -0.125. The molecule has 2 aliphatic heterocycles. The number of imide groups is 1. The van der Waals surface area contributed by atoms with Gasteiger partial charge in [0.05, 0.1) is 16.8 Å². The number of rotatable bonds is 7. The van der Waals surface area contributed by atoms with Crippen LogP contribution in [0.4, 0.5) is 11.4 Å². The topological polar surface area (TPSA) is 96.0 Å². The molecule has 3 aromatic carbocycles. The van der Waals surface area contributed by atoms with Crippen molar-refractivity contribution >= 4 is 35.0 Å². The molecule has 0 spiro atoms. The molecule has 36 heavy (non-hydrogen) atoms. The maximum absolute atomic E-state index is 12.9. The third-order valence-corrected chi connectivity index (χ3v) is 6.32. The van der Waals surface area contributed by atoms with Crippen molar-refractivity contribution in [3.8, 4) is 5.75 Å². The molecule has 1 unspecified atom stereocenters. The van der Waals surface area contributed by atoms with Crippen LogP contribution < -0.4 is 15.0 Å². The van der Waals surface area contributed by atoms with Crippen LogP contribution in [-0.2, 0) is 16.0 Å². The van der Waals surface area contributed by atoms with E-state index < -0.39 is 30.4 Å². The Morgan fingerprint density at radius 2 is 1.56 bits per heavy atom. The van der Waals surface area contributed by atoms with Crippen molar-refractivity contribution in [2.45, 2.75) is 25.9 Å². The van der Waals surface area contributed by atoms with E-state index in [1.165, 1.54) is 5.56 Å². The maximum Gasteiger partial charge on any atom is 0.267 e. The first kappa shape index (κ1) is 23.3. The number of nitrogens with zero attached hydrogens (tertiary/aromatic N) is 2. The Bertz CT molecular complexity index is 1320. The van der Waals surface area contributed by atoms with E-state index in [-0.39, 0.29) is 5.91 Å². The van der Waals surface area contributed by atoms with E-state index in [1.54, 1.807) is 54.3 Å². The van der Waals surface area contributed by atoms with Gasteiger partial charge in [0.25, 0.3) is 17.7 Å². The summed E-state index contributed by atoms with van der Waals surface area (Å²) >= 11 is 0. The second-order valence-corrected chi connectivity index (χ2v) is 8.81. The first-order valence-corrected chi connectivity index (χ1v) is 11.8. The van der Waals surface area contributed by atoms with Crippen LogP contribution in [0.1, 0.15) is 39.6 Å². The Morgan fingerprint density at radius 1 is 0.889 bits per heavy atom. The fraction of sp³-hybridized carbons (Fsp3) is 0.214. The highest BCUT2D eigenvalue weighted by atomic mass is 16.5. The Balaban J connectivity index is 1.28. The Labute approximate surface area is 208 Å². The van der Waals surface area contributed by atoms with E-state index in [0.717, 1.165) is 17.7 Å². The number of carbonyl (C=O) groups excluding carboxylic acids is 4. The molecule has 0 saturated carbocycles. The maximum atomic E-state index is 12.9. The summed E-state index contributed by atoms with van der Waals surface area (Å²) in [5.74, 6) is -1.09. The van der Waals surface area contributed by atoms with Crippen LogP contribution in [0.25, 0.3) is 0 Å². The number of hydrogen-bond donors (Lipinski definition) is 1. The molecular formula is C28H25N3O5. The molecule has 5 rings (SSSR count). The molecule has 2 heterocycles. The van der Waals surface area contributed by atoms with E-state index in [0.29, 0.717) is 34.8 Å². The minimum atomic E-state index is -0.608. The van der Waals surface area contributed by atoms with Crippen LogP contribution in [0.2, 0.25) is 0 Å². The van der Waals surface area contributed by atoms with Gasteiger partial charge in [-0.1, -0.05) is 42.5 Å². The predicted molar refractivity (Wildman–Crippen MR) is 134 cm³/mol. The van der Waals surface area contributed by atoms with E-state index in [2.05, 4.69) is 17.4 Å². The average Bonchev–Trinajstić information content (AvgIpc) is 3.12. The molecule has 0 saturated heterocycles. The second-order valence-electron chi connectivity index (χ2n) is 8.81. The zero-order chi connectivity index (χ0) is 25.2. The largest absolute Gasteiger partial charge is 0.479 e. The van der Waals surface area contributed by atoms with Crippen molar-refractivity contribution in [3.05, 3.63) is 89.5 Å². The van der Waals surface area contributed by atoms with Crippen molar-refractivity contribution in [2.75, 3.05) is 23.3 Å². The highest BCUT2D eigenvalue weighted by molar-refractivity contribution is 6.22. The summed E-state index contributed by atoms with van der Waals surface area (Å²) in [5.41, 5.74) is 2.79. The molecule has 1 N–H and O–H groups in total. The van der Waals surface area contributed by atoms with Gasteiger partial charge in [-0.15, -0.1) is 0 Å². The van der Waals surface area contributed by atoms with Gasteiger partial charge in [-0.25, -0.2) is 0 Å². The number of ether oxygens (including phenoxy) is 1. The summed E-state index contributed by atoms with van der Waals surface area (Å²) in [6.07, 6.45) is 0.980. The van der Waals surface area contributed by atoms with Gasteiger partial charge in [0.1, 0.15) is 12.3 Å². The Hall–Kier alpha value is -4.46. The quantitative estimate of drug-likeness (QED) is 0.518. The summed E-state index contributed by atoms with van der Waals surface area (Å²) < 4.78 is 5.77. The van der Waals surface area contributed by atoms with Gasteiger partial charge in [0, 0.05) is 12.2 Å². The van der Waals surface area contributed by atoms with Crippen molar-refractivity contribution in [1.29, 1.82) is 0 Å². The minimum Gasteiger partial charge on any atom is -0.479 e. The minimum absolute atomic E-state index is 0.148. The molecule has 0 fully saturated rings. The summed E-state index contributed by atoms with van der Waals surface area (Å²) in [6.45, 7) is 1.81. The second kappa shape index (κ2) is 9.65. The lowest BCUT2D eigenvalue weighted by Gasteiger charge is -2.33. The fourth-order valence-electron chi connectivity index (χ4n) is 4.53. The van der Waals surface area contributed by atoms with Crippen molar-refractivity contribution in [2.24, 2.45) is 0 Å². The number of hydrogen-bond acceptors (Lipinski definition) is 5. The zero-order valence-corrected chi connectivity index (χ0v) is 19.8. The number of fused-ring (bicyclic) bond motifs is 2. The molecule has 8 nitrogen and oxygen atoms in total. The number of nitrogens with one attached hydrogen (secondary N) is 1. The Kier molecular flexibility index (Phi) is 6.25. The van der Waals surface area contributed by atoms with Crippen LogP contribution in [0.3, 0.4) is 0 Å². The van der Waals surface area contributed by atoms with Crippen LogP contribution >= 0.6 is 0 Å². The molecule has 8 heteroatoms.